The number of nitrogens with zero attached hydrogens (tertiary/aromatic N) is 3. The van der Waals surface area contributed by atoms with Gasteiger partial charge in [-0.15, -0.1) is 0 Å². The van der Waals surface area contributed by atoms with Crippen molar-refractivity contribution in [3.63, 3.8) is 0 Å². The highest BCUT2D eigenvalue weighted by Gasteiger charge is 2.22. The van der Waals surface area contributed by atoms with Crippen LogP contribution in [-0.4, -0.2) is 60.2 Å². The van der Waals surface area contributed by atoms with Gasteiger partial charge in [0.05, 0.1) is 17.7 Å². The molecule has 1 aromatic rings. The quantitative estimate of drug-likeness (QED) is 0.867. The van der Waals surface area contributed by atoms with Crippen LogP contribution in [0.4, 0.5) is 4.79 Å². The summed E-state index contributed by atoms with van der Waals surface area (Å²) in [7, 11) is 0. The van der Waals surface area contributed by atoms with E-state index < -0.39 is 6.10 Å². The van der Waals surface area contributed by atoms with Crippen molar-refractivity contribution < 1.29 is 9.90 Å². The van der Waals surface area contributed by atoms with E-state index in [0.29, 0.717) is 31.7 Å². The Morgan fingerprint density at radius 1 is 1.32 bits per heavy atom. The number of nitrogens with one attached hydrogen (secondary N) is 1. The topological polar surface area (TPSA) is 79.6 Å². The summed E-state index contributed by atoms with van der Waals surface area (Å²) in [6.45, 7) is 5.93. The van der Waals surface area contributed by atoms with Crippen LogP contribution in [0.2, 0.25) is 0 Å². The van der Waals surface area contributed by atoms with E-state index in [-0.39, 0.29) is 6.03 Å². The van der Waals surface area contributed by atoms with Crippen molar-refractivity contribution in [1.29, 1.82) is 5.26 Å². The highest BCUT2D eigenvalue weighted by molar-refractivity contribution is 5.74. The standard InChI is InChI=1S/C16H22N4O2/c1-2-18-16(22)20-9-7-19(8-10-20)12-15(21)14-5-3-13(11-17)4-6-14/h3-6,15,21H,2,7-10,12H2,1H3,(H,18,22). The molecule has 1 aliphatic heterocycles. The van der Waals surface area contributed by atoms with Gasteiger partial charge in [0.1, 0.15) is 0 Å². The van der Waals surface area contributed by atoms with Crippen molar-refractivity contribution >= 4 is 6.03 Å². The van der Waals surface area contributed by atoms with Crippen LogP contribution in [-0.2, 0) is 0 Å². The fourth-order valence-electron chi connectivity index (χ4n) is 2.53. The Bertz CT molecular complexity index is 530. The number of rotatable bonds is 4. The van der Waals surface area contributed by atoms with Gasteiger partial charge in [0.15, 0.2) is 0 Å². The van der Waals surface area contributed by atoms with Crippen LogP contribution in [0.15, 0.2) is 24.3 Å². The molecule has 2 N–H and O–H groups in total. The Morgan fingerprint density at radius 2 is 1.95 bits per heavy atom. The van der Waals surface area contributed by atoms with E-state index in [1.165, 1.54) is 0 Å². The number of β-amino-alcohol motifs (C(OH)–C–C–N with tert-alkyl or cyclic N) is 1. The van der Waals surface area contributed by atoms with E-state index in [2.05, 4.69) is 16.3 Å². The van der Waals surface area contributed by atoms with Gasteiger partial charge in [0.25, 0.3) is 0 Å². The van der Waals surface area contributed by atoms with Crippen molar-refractivity contribution in [2.45, 2.75) is 13.0 Å². The molecular formula is C16H22N4O2. The van der Waals surface area contributed by atoms with Crippen molar-refractivity contribution in [2.24, 2.45) is 0 Å². The minimum Gasteiger partial charge on any atom is -0.387 e. The third-order valence-corrected chi connectivity index (χ3v) is 3.84. The molecule has 0 radical (unpaired) electrons. The summed E-state index contributed by atoms with van der Waals surface area (Å²) in [5, 5.41) is 21.9. The third-order valence-electron chi connectivity index (χ3n) is 3.84. The van der Waals surface area contributed by atoms with Crippen molar-refractivity contribution in [3.05, 3.63) is 35.4 Å². The predicted molar refractivity (Wildman–Crippen MR) is 83.2 cm³/mol. The first-order valence-electron chi connectivity index (χ1n) is 7.57. The Morgan fingerprint density at radius 3 is 2.50 bits per heavy atom. The number of piperazine rings is 1. The minimum absolute atomic E-state index is 0.0187. The van der Waals surface area contributed by atoms with Crippen LogP contribution < -0.4 is 5.32 Å². The van der Waals surface area contributed by atoms with E-state index in [1.807, 2.05) is 6.92 Å². The number of carbonyl (C=O) groups is 1. The van der Waals surface area contributed by atoms with Crippen molar-refractivity contribution in [3.8, 4) is 6.07 Å². The second-order valence-electron chi connectivity index (χ2n) is 5.37. The Balaban J connectivity index is 1.82. The molecule has 0 bridgehead atoms. The van der Waals surface area contributed by atoms with Crippen LogP contribution >= 0.6 is 0 Å². The lowest BCUT2D eigenvalue weighted by Crippen LogP contribution is -2.52. The molecule has 1 atom stereocenters. The van der Waals surface area contributed by atoms with Crippen molar-refractivity contribution in [2.75, 3.05) is 39.3 Å². The Labute approximate surface area is 130 Å². The lowest BCUT2D eigenvalue weighted by molar-refractivity contribution is 0.0810. The molecule has 1 unspecified atom stereocenters. The molecule has 0 aromatic heterocycles. The summed E-state index contributed by atoms with van der Waals surface area (Å²) in [5.74, 6) is 0. The highest BCUT2D eigenvalue weighted by atomic mass is 16.3. The molecule has 1 saturated heterocycles. The Kier molecular flexibility index (Phi) is 5.75. The minimum atomic E-state index is -0.580. The number of benzene rings is 1. The summed E-state index contributed by atoms with van der Waals surface area (Å²) < 4.78 is 0. The van der Waals surface area contributed by atoms with E-state index >= 15 is 0 Å². The number of carbonyl (C=O) groups excluding carboxylic acids is 1. The van der Waals surface area contributed by atoms with Gasteiger partial charge < -0.3 is 15.3 Å². The maximum absolute atomic E-state index is 11.7. The molecule has 2 amide bonds. The van der Waals surface area contributed by atoms with E-state index in [1.54, 1.807) is 29.2 Å². The van der Waals surface area contributed by atoms with Gasteiger partial charge in [-0.2, -0.15) is 5.26 Å². The van der Waals surface area contributed by atoms with Gasteiger partial charge in [-0.25, -0.2) is 4.79 Å². The van der Waals surface area contributed by atoms with Crippen molar-refractivity contribution in [1.82, 2.24) is 15.1 Å². The molecule has 2 rings (SSSR count). The summed E-state index contributed by atoms with van der Waals surface area (Å²) in [6.07, 6.45) is -0.580. The molecular weight excluding hydrogens is 280 g/mol. The molecule has 0 aliphatic carbocycles. The van der Waals surface area contributed by atoms with Gasteiger partial charge in [-0.05, 0) is 24.6 Å². The normalized spacial score (nSPS) is 16.9. The maximum Gasteiger partial charge on any atom is 0.317 e. The fourth-order valence-corrected chi connectivity index (χ4v) is 2.53. The second kappa shape index (κ2) is 7.78. The average molecular weight is 302 g/mol. The molecule has 6 heteroatoms. The lowest BCUT2D eigenvalue weighted by atomic mass is 10.1. The molecule has 1 aromatic carbocycles. The molecule has 0 spiro atoms. The van der Waals surface area contributed by atoms with E-state index in [4.69, 9.17) is 5.26 Å². The Hall–Kier alpha value is -2.10. The first-order valence-corrected chi connectivity index (χ1v) is 7.57. The zero-order chi connectivity index (χ0) is 15.9. The number of nitriles is 1. The zero-order valence-electron chi connectivity index (χ0n) is 12.8. The van der Waals surface area contributed by atoms with Gasteiger partial charge in [-0.3, -0.25) is 4.90 Å². The van der Waals surface area contributed by atoms with Gasteiger partial charge in [-0.1, -0.05) is 12.1 Å². The van der Waals surface area contributed by atoms with Crippen LogP contribution in [0.5, 0.6) is 0 Å². The maximum atomic E-state index is 11.7. The first kappa shape index (κ1) is 16.3. The average Bonchev–Trinajstić information content (AvgIpc) is 2.55. The predicted octanol–water partition coefficient (Wildman–Crippen LogP) is 0.939. The van der Waals surface area contributed by atoms with Gasteiger partial charge in [0, 0.05) is 39.3 Å². The SMILES string of the molecule is CCNC(=O)N1CCN(CC(O)c2ccc(C#N)cc2)CC1. The monoisotopic (exact) mass is 302 g/mol. The number of aliphatic hydroxyl groups excluding tert-OH is 1. The molecule has 0 saturated carbocycles. The first-order chi connectivity index (χ1) is 10.6. The number of aliphatic hydroxyl groups is 1. The lowest BCUT2D eigenvalue weighted by Gasteiger charge is -2.35. The molecule has 1 heterocycles. The van der Waals surface area contributed by atoms with Crippen LogP contribution in [0.25, 0.3) is 0 Å². The number of hydrogen-bond acceptors (Lipinski definition) is 4. The third kappa shape index (κ3) is 4.20. The van der Waals surface area contributed by atoms with Gasteiger partial charge in [0.2, 0.25) is 0 Å². The molecule has 1 aliphatic rings. The van der Waals surface area contributed by atoms with E-state index in [9.17, 15) is 9.90 Å². The summed E-state index contributed by atoms with van der Waals surface area (Å²) in [5.41, 5.74) is 1.40. The number of amides is 2. The van der Waals surface area contributed by atoms with E-state index in [0.717, 1.165) is 18.7 Å². The molecule has 6 nitrogen and oxygen atoms in total. The molecule has 118 valence electrons. The number of hydrogen-bond donors (Lipinski definition) is 2. The van der Waals surface area contributed by atoms with Gasteiger partial charge >= 0.3 is 6.03 Å². The molecule has 1 fully saturated rings. The van der Waals surface area contributed by atoms with Crippen LogP contribution in [0.3, 0.4) is 0 Å². The second-order valence-corrected chi connectivity index (χ2v) is 5.37. The summed E-state index contributed by atoms with van der Waals surface area (Å²) in [6, 6.07) is 9.05. The summed E-state index contributed by atoms with van der Waals surface area (Å²) >= 11 is 0. The fraction of sp³-hybridized carbons (Fsp3) is 0.500. The van der Waals surface area contributed by atoms with Crippen LogP contribution in [0, 0.1) is 11.3 Å². The van der Waals surface area contributed by atoms with Crippen LogP contribution in [0.1, 0.15) is 24.2 Å². The summed E-state index contributed by atoms with van der Waals surface area (Å²) in [4.78, 5) is 15.7. The highest BCUT2D eigenvalue weighted by Crippen LogP contribution is 2.16. The smallest absolute Gasteiger partial charge is 0.317 e. The zero-order valence-corrected chi connectivity index (χ0v) is 12.8. The molecule has 22 heavy (non-hydrogen) atoms. The number of urea groups is 1. The largest absolute Gasteiger partial charge is 0.387 e.